The second kappa shape index (κ2) is 5.87. The van der Waals surface area contributed by atoms with Crippen molar-refractivity contribution in [2.75, 3.05) is 6.54 Å². The quantitative estimate of drug-likeness (QED) is 0.773. The van der Waals surface area contributed by atoms with Crippen LogP contribution in [0.1, 0.15) is 46.1 Å². The molecule has 1 nitrogen and oxygen atoms in total. The largest absolute Gasteiger partial charge is 0.312 e. The number of hydrogen-bond donors (Lipinski definition) is 1. The zero-order valence-corrected chi connectivity index (χ0v) is 14.4. The van der Waals surface area contributed by atoms with Gasteiger partial charge in [0.1, 0.15) is 0 Å². The van der Waals surface area contributed by atoms with Crippen molar-refractivity contribution in [1.82, 2.24) is 5.32 Å². The molecule has 0 amide bonds. The van der Waals surface area contributed by atoms with Crippen LogP contribution in [0.5, 0.6) is 0 Å². The van der Waals surface area contributed by atoms with E-state index in [4.69, 9.17) is 23.2 Å². The Labute approximate surface area is 133 Å². The highest BCUT2D eigenvalue weighted by atomic mass is 35.5. The molecule has 0 heterocycles. The first kappa shape index (κ1) is 16.1. The van der Waals surface area contributed by atoms with Crippen LogP contribution in [0.3, 0.4) is 0 Å². The van der Waals surface area contributed by atoms with Gasteiger partial charge in [-0.25, -0.2) is 0 Å². The summed E-state index contributed by atoms with van der Waals surface area (Å²) < 4.78 is 0. The van der Waals surface area contributed by atoms with Crippen LogP contribution in [0, 0.1) is 11.3 Å². The Morgan fingerprint density at radius 1 is 1.15 bits per heavy atom. The molecule has 1 aliphatic carbocycles. The van der Waals surface area contributed by atoms with Gasteiger partial charge >= 0.3 is 0 Å². The Morgan fingerprint density at radius 2 is 1.80 bits per heavy atom. The third-order valence-electron chi connectivity index (χ3n) is 4.19. The summed E-state index contributed by atoms with van der Waals surface area (Å²) in [4.78, 5) is 0. The van der Waals surface area contributed by atoms with Crippen LogP contribution in [-0.2, 0) is 6.42 Å². The third-order valence-corrected chi connectivity index (χ3v) is 4.79. The maximum absolute atomic E-state index is 6.34. The Kier molecular flexibility index (Phi) is 4.73. The minimum Gasteiger partial charge on any atom is -0.312 e. The van der Waals surface area contributed by atoms with E-state index in [1.54, 1.807) is 0 Å². The molecule has 1 aliphatic rings. The van der Waals surface area contributed by atoms with E-state index in [0.717, 1.165) is 28.9 Å². The van der Waals surface area contributed by atoms with E-state index in [1.807, 2.05) is 18.2 Å². The van der Waals surface area contributed by atoms with Crippen molar-refractivity contribution < 1.29 is 0 Å². The van der Waals surface area contributed by atoms with E-state index in [-0.39, 0.29) is 11.0 Å². The number of nitrogens with one attached hydrogen (secondary N) is 1. The van der Waals surface area contributed by atoms with E-state index < -0.39 is 0 Å². The first-order valence-corrected chi connectivity index (χ1v) is 8.14. The van der Waals surface area contributed by atoms with Crippen LogP contribution < -0.4 is 5.32 Å². The average molecular weight is 314 g/mol. The molecular weight excluding hydrogens is 289 g/mol. The van der Waals surface area contributed by atoms with Gasteiger partial charge in [0.05, 0.1) is 0 Å². The average Bonchev–Trinajstić information content (AvgIpc) is 3.15. The van der Waals surface area contributed by atoms with Gasteiger partial charge in [0, 0.05) is 22.1 Å². The summed E-state index contributed by atoms with van der Waals surface area (Å²) >= 11 is 12.5. The van der Waals surface area contributed by atoms with Gasteiger partial charge in [-0.05, 0) is 75.1 Å². The predicted molar refractivity (Wildman–Crippen MR) is 88.8 cm³/mol. The van der Waals surface area contributed by atoms with E-state index in [9.17, 15) is 0 Å². The highest BCUT2D eigenvalue weighted by Gasteiger charge is 2.42. The van der Waals surface area contributed by atoms with Crippen LogP contribution in [0.4, 0.5) is 0 Å². The van der Waals surface area contributed by atoms with E-state index in [2.05, 4.69) is 33.0 Å². The van der Waals surface area contributed by atoms with Gasteiger partial charge in [-0.3, -0.25) is 0 Å². The minimum atomic E-state index is 0.147. The lowest BCUT2D eigenvalue weighted by molar-refractivity contribution is 0.228. The lowest BCUT2D eigenvalue weighted by Crippen LogP contribution is -2.44. The summed E-state index contributed by atoms with van der Waals surface area (Å²) in [5.74, 6) is 0.799. The maximum atomic E-state index is 6.34. The van der Waals surface area contributed by atoms with Gasteiger partial charge in [0.25, 0.3) is 0 Å². The Hall–Kier alpha value is -0.240. The van der Waals surface area contributed by atoms with Crippen molar-refractivity contribution >= 4 is 23.2 Å². The molecule has 1 N–H and O–H groups in total. The standard InChI is InChI=1S/C17H25Cl2N/c1-16(2,3)20-11-17(4,13-5-6-13)10-12-9-14(18)7-8-15(12)19/h7-9,13,20H,5-6,10-11H2,1-4H3. The van der Waals surface area contributed by atoms with Gasteiger partial charge < -0.3 is 5.32 Å². The van der Waals surface area contributed by atoms with Crippen molar-refractivity contribution in [3.63, 3.8) is 0 Å². The summed E-state index contributed by atoms with van der Waals surface area (Å²) in [5.41, 5.74) is 1.57. The predicted octanol–water partition coefficient (Wildman–Crippen LogP) is 5.34. The molecule has 1 unspecified atom stereocenters. The van der Waals surface area contributed by atoms with E-state index in [1.165, 1.54) is 18.4 Å². The fourth-order valence-electron chi connectivity index (χ4n) is 2.71. The molecular formula is C17H25Cl2N. The summed E-state index contributed by atoms with van der Waals surface area (Å²) in [6, 6.07) is 5.78. The second-order valence-electron chi connectivity index (χ2n) is 7.44. The lowest BCUT2D eigenvalue weighted by atomic mass is 9.78. The molecule has 3 heteroatoms. The number of rotatable bonds is 5. The van der Waals surface area contributed by atoms with E-state index >= 15 is 0 Å². The van der Waals surface area contributed by atoms with Crippen LogP contribution in [0.25, 0.3) is 0 Å². The highest BCUT2D eigenvalue weighted by molar-refractivity contribution is 6.33. The molecule has 1 fully saturated rings. The summed E-state index contributed by atoms with van der Waals surface area (Å²) in [7, 11) is 0. The van der Waals surface area contributed by atoms with Gasteiger partial charge in [-0.15, -0.1) is 0 Å². The fraction of sp³-hybridized carbons (Fsp3) is 0.647. The Balaban J connectivity index is 2.14. The molecule has 1 atom stereocenters. The monoisotopic (exact) mass is 313 g/mol. The van der Waals surface area contributed by atoms with Crippen molar-refractivity contribution in [1.29, 1.82) is 0 Å². The molecule has 0 aliphatic heterocycles. The van der Waals surface area contributed by atoms with Crippen molar-refractivity contribution in [2.45, 2.75) is 52.5 Å². The molecule has 1 saturated carbocycles. The molecule has 0 spiro atoms. The van der Waals surface area contributed by atoms with Gasteiger partial charge in [-0.1, -0.05) is 30.1 Å². The van der Waals surface area contributed by atoms with Crippen molar-refractivity contribution in [3.05, 3.63) is 33.8 Å². The first-order chi connectivity index (χ1) is 9.20. The molecule has 0 radical (unpaired) electrons. The Morgan fingerprint density at radius 3 is 2.35 bits per heavy atom. The fourth-order valence-corrected chi connectivity index (χ4v) is 3.09. The molecule has 20 heavy (non-hydrogen) atoms. The minimum absolute atomic E-state index is 0.147. The topological polar surface area (TPSA) is 12.0 Å². The molecule has 112 valence electrons. The van der Waals surface area contributed by atoms with Crippen molar-refractivity contribution in [3.8, 4) is 0 Å². The number of halogens is 2. The zero-order valence-electron chi connectivity index (χ0n) is 12.9. The SMILES string of the molecule is CC(C)(C)NCC(C)(Cc1cc(Cl)ccc1Cl)C1CC1. The molecule has 0 saturated heterocycles. The highest BCUT2D eigenvalue weighted by Crippen LogP contribution is 2.48. The summed E-state index contributed by atoms with van der Waals surface area (Å²) in [6.45, 7) is 10.0. The molecule has 0 bridgehead atoms. The molecule has 1 aromatic rings. The van der Waals surface area contributed by atoms with Gasteiger partial charge in [-0.2, -0.15) is 0 Å². The molecule has 0 aromatic heterocycles. The second-order valence-corrected chi connectivity index (χ2v) is 8.29. The molecule has 1 aromatic carbocycles. The lowest BCUT2D eigenvalue weighted by Gasteiger charge is -2.34. The smallest absolute Gasteiger partial charge is 0.0439 e. The van der Waals surface area contributed by atoms with E-state index in [0.29, 0.717) is 0 Å². The van der Waals surface area contributed by atoms with Gasteiger partial charge in [0.2, 0.25) is 0 Å². The third kappa shape index (κ3) is 4.38. The van der Waals surface area contributed by atoms with Crippen LogP contribution in [-0.4, -0.2) is 12.1 Å². The normalized spacial score (nSPS) is 18.9. The zero-order chi connectivity index (χ0) is 15.0. The van der Waals surface area contributed by atoms with Crippen LogP contribution in [0.2, 0.25) is 10.0 Å². The maximum Gasteiger partial charge on any atom is 0.0439 e. The van der Waals surface area contributed by atoms with Crippen molar-refractivity contribution in [2.24, 2.45) is 11.3 Å². The number of hydrogen-bond acceptors (Lipinski definition) is 1. The Bertz CT molecular complexity index is 474. The van der Waals surface area contributed by atoms with Crippen LogP contribution >= 0.6 is 23.2 Å². The van der Waals surface area contributed by atoms with Crippen LogP contribution in [0.15, 0.2) is 18.2 Å². The summed E-state index contributed by atoms with van der Waals surface area (Å²) in [5, 5.41) is 5.26. The first-order valence-electron chi connectivity index (χ1n) is 7.39. The summed E-state index contributed by atoms with van der Waals surface area (Å²) in [6.07, 6.45) is 3.65. The van der Waals surface area contributed by atoms with Gasteiger partial charge in [0.15, 0.2) is 0 Å². The molecule has 2 rings (SSSR count). The number of benzene rings is 1.